The third kappa shape index (κ3) is 6.11. The van der Waals surface area contributed by atoms with Crippen LogP contribution in [-0.2, 0) is 0 Å². The third-order valence-corrected chi connectivity index (χ3v) is 4.57. The van der Waals surface area contributed by atoms with E-state index in [1.54, 1.807) is 0 Å². The largest absolute Gasteiger partial charge is 0.312 e. The summed E-state index contributed by atoms with van der Waals surface area (Å²) in [6.45, 7) is 11.7. The lowest BCUT2D eigenvalue weighted by molar-refractivity contribution is 0.304. The van der Waals surface area contributed by atoms with Gasteiger partial charge in [-0.25, -0.2) is 4.39 Å². The predicted molar refractivity (Wildman–Crippen MR) is 106 cm³/mol. The summed E-state index contributed by atoms with van der Waals surface area (Å²) >= 11 is 0. The van der Waals surface area contributed by atoms with E-state index < -0.39 is 0 Å². The number of benzene rings is 2. The first kappa shape index (κ1) is 19.4. The van der Waals surface area contributed by atoms with Crippen LogP contribution in [0.25, 0.3) is 16.7 Å². The predicted octanol–water partition coefficient (Wildman–Crippen LogP) is 4.83. The quantitative estimate of drug-likeness (QED) is 0.658. The highest BCUT2D eigenvalue weighted by Crippen LogP contribution is 2.22. The molecule has 2 aromatic carbocycles. The highest BCUT2D eigenvalue weighted by atomic mass is 19.1. The van der Waals surface area contributed by atoms with E-state index in [9.17, 15) is 4.39 Å². The molecule has 0 aliphatic rings. The van der Waals surface area contributed by atoms with Gasteiger partial charge in [0.1, 0.15) is 5.82 Å². The number of halogens is 1. The van der Waals surface area contributed by atoms with Crippen molar-refractivity contribution in [3.8, 4) is 11.1 Å². The van der Waals surface area contributed by atoms with Crippen LogP contribution < -0.4 is 5.32 Å². The molecule has 2 rings (SSSR count). The smallest absolute Gasteiger partial charge is 0.123 e. The Hall–Kier alpha value is -1.97. The Morgan fingerprint density at radius 3 is 2.08 bits per heavy atom. The first-order valence-electron chi connectivity index (χ1n) is 9.10. The maximum Gasteiger partial charge on any atom is 0.123 e. The van der Waals surface area contributed by atoms with Crippen LogP contribution in [0.4, 0.5) is 4.39 Å². The lowest BCUT2D eigenvalue weighted by atomic mass is 10.0. The normalized spacial score (nSPS) is 12.0. The second-order valence-corrected chi connectivity index (χ2v) is 6.20. The van der Waals surface area contributed by atoms with Gasteiger partial charge in [-0.1, -0.05) is 56.3 Å². The second-order valence-electron chi connectivity index (χ2n) is 6.20. The minimum atomic E-state index is -0.201. The summed E-state index contributed by atoms with van der Waals surface area (Å²) in [5.74, 6) is -0.201. The van der Waals surface area contributed by atoms with Gasteiger partial charge in [-0.2, -0.15) is 0 Å². The highest BCUT2D eigenvalue weighted by molar-refractivity contribution is 5.69. The summed E-state index contributed by atoms with van der Waals surface area (Å²) in [5.41, 5.74) is 4.62. The summed E-state index contributed by atoms with van der Waals surface area (Å²) in [6, 6.07) is 15.1. The molecule has 2 nitrogen and oxygen atoms in total. The Morgan fingerprint density at radius 2 is 1.52 bits per heavy atom. The van der Waals surface area contributed by atoms with Gasteiger partial charge in [-0.3, -0.25) is 0 Å². The first-order chi connectivity index (χ1) is 12.1. The van der Waals surface area contributed by atoms with Crippen molar-refractivity contribution >= 4 is 5.57 Å². The number of nitrogens with one attached hydrogen (secondary N) is 1. The molecule has 0 bridgehead atoms. The molecule has 0 spiro atoms. The molecular weight excluding hydrogens is 311 g/mol. The second kappa shape index (κ2) is 10.1. The zero-order valence-corrected chi connectivity index (χ0v) is 15.6. The van der Waals surface area contributed by atoms with Crippen LogP contribution in [0.5, 0.6) is 0 Å². The van der Waals surface area contributed by atoms with E-state index in [0.717, 1.165) is 43.9 Å². The molecule has 0 amide bonds. The molecule has 0 radical (unpaired) electrons. The van der Waals surface area contributed by atoms with Crippen LogP contribution in [-0.4, -0.2) is 37.6 Å². The number of rotatable bonds is 9. The van der Waals surface area contributed by atoms with Crippen LogP contribution in [0.1, 0.15) is 26.3 Å². The maximum absolute atomic E-state index is 13.0. The summed E-state index contributed by atoms with van der Waals surface area (Å²) in [7, 11) is 0. The Kier molecular flexibility index (Phi) is 7.83. The van der Waals surface area contributed by atoms with E-state index in [1.165, 1.54) is 23.3 Å². The van der Waals surface area contributed by atoms with Crippen LogP contribution in [0.2, 0.25) is 0 Å². The zero-order chi connectivity index (χ0) is 18.1. The standard InChI is InChI=1S/C22H29FN2/c1-4-25(5-2)17-16-24-15-14-18(3)19-6-8-20(9-7-19)21-10-12-22(23)13-11-21/h6-14,24H,4-5,15-17H2,1-3H3/b18-14-. The van der Waals surface area contributed by atoms with Crippen LogP contribution in [0.3, 0.4) is 0 Å². The summed E-state index contributed by atoms with van der Waals surface area (Å²) in [4.78, 5) is 2.41. The van der Waals surface area contributed by atoms with E-state index in [2.05, 4.69) is 61.3 Å². The molecular formula is C22H29FN2. The van der Waals surface area contributed by atoms with Crippen molar-refractivity contribution in [1.82, 2.24) is 10.2 Å². The van der Waals surface area contributed by atoms with E-state index in [4.69, 9.17) is 0 Å². The van der Waals surface area contributed by atoms with Crippen molar-refractivity contribution in [3.05, 3.63) is 66.0 Å². The van der Waals surface area contributed by atoms with Crippen molar-refractivity contribution < 1.29 is 4.39 Å². The average molecular weight is 340 g/mol. The Balaban J connectivity index is 1.87. The van der Waals surface area contributed by atoms with Gasteiger partial charge >= 0.3 is 0 Å². The molecule has 0 saturated carbocycles. The molecule has 0 saturated heterocycles. The number of nitrogens with zero attached hydrogens (tertiary/aromatic N) is 1. The molecule has 2 aromatic rings. The van der Waals surface area contributed by atoms with Gasteiger partial charge in [0.15, 0.2) is 0 Å². The Morgan fingerprint density at radius 1 is 0.960 bits per heavy atom. The van der Waals surface area contributed by atoms with Crippen molar-refractivity contribution in [1.29, 1.82) is 0 Å². The van der Waals surface area contributed by atoms with Crippen molar-refractivity contribution in [2.75, 3.05) is 32.7 Å². The average Bonchev–Trinajstić information content (AvgIpc) is 2.65. The minimum Gasteiger partial charge on any atom is -0.312 e. The molecule has 0 aromatic heterocycles. The highest BCUT2D eigenvalue weighted by Gasteiger charge is 2.01. The molecule has 0 aliphatic carbocycles. The lowest BCUT2D eigenvalue weighted by Gasteiger charge is -2.17. The summed E-state index contributed by atoms with van der Waals surface area (Å²) in [6.07, 6.45) is 2.23. The van der Waals surface area contributed by atoms with Gasteiger partial charge in [0.05, 0.1) is 0 Å². The van der Waals surface area contributed by atoms with Gasteiger partial charge in [0, 0.05) is 19.6 Å². The van der Waals surface area contributed by atoms with Crippen molar-refractivity contribution in [2.24, 2.45) is 0 Å². The number of hydrogen-bond donors (Lipinski definition) is 1. The molecule has 134 valence electrons. The van der Waals surface area contributed by atoms with Crippen LogP contribution in [0.15, 0.2) is 54.6 Å². The van der Waals surface area contributed by atoms with E-state index in [1.807, 2.05) is 12.1 Å². The molecule has 0 unspecified atom stereocenters. The molecule has 25 heavy (non-hydrogen) atoms. The summed E-state index contributed by atoms with van der Waals surface area (Å²) < 4.78 is 13.0. The SMILES string of the molecule is CCN(CC)CCNC/C=C(/C)c1ccc(-c2ccc(F)cc2)cc1. The van der Waals surface area contributed by atoms with Gasteiger partial charge in [-0.15, -0.1) is 0 Å². The lowest BCUT2D eigenvalue weighted by Crippen LogP contribution is -2.31. The molecule has 0 fully saturated rings. The topological polar surface area (TPSA) is 15.3 Å². The number of hydrogen-bond acceptors (Lipinski definition) is 2. The number of likely N-dealkylation sites (N-methyl/N-ethyl adjacent to an activating group) is 1. The van der Waals surface area contributed by atoms with Crippen LogP contribution >= 0.6 is 0 Å². The van der Waals surface area contributed by atoms with Crippen molar-refractivity contribution in [2.45, 2.75) is 20.8 Å². The fourth-order valence-corrected chi connectivity index (χ4v) is 2.79. The van der Waals surface area contributed by atoms with Gasteiger partial charge in [0.25, 0.3) is 0 Å². The fraction of sp³-hybridized carbons (Fsp3) is 0.364. The molecule has 0 heterocycles. The summed E-state index contributed by atoms with van der Waals surface area (Å²) in [5, 5.41) is 3.47. The van der Waals surface area contributed by atoms with Gasteiger partial charge < -0.3 is 10.2 Å². The van der Waals surface area contributed by atoms with Gasteiger partial charge in [0.2, 0.25) is 0 Å². The molecule has 0 atom stereocenters. The minimum absolute atomic E-state index is 0.201. The van der Waals surface area contributed by atoms with Gasteiger partial charge in [-0.05, 0) is 54.4 Å². The molecule has 3 heteroatoms. The maximum atomic E-state index is 13.0. The molecule has 0 aliphatic heterocycles. The zero-order valence-electron chi connectivity index (χ0n) is 15.6. The Bertz CT molecular complexity index is 655. The first-order valence-corrected chi connectivity index (χ1v) is 9.10. The Labute approximate surface area is 151 Å². The number of allylic oxidation sites excluding steroid dienone is 1. The van der Waals surface area contributed by atoms with Crippen LogP contribution in [0, 0.1) is 5.82 Å². The van der Waals surface area contributed by atoms with E-state index in [0.29, 0.717) is 0 Å². The third-order valence-electron chi connectivity index (χ3n) is 4.57. The van der Waals surface area contributed by atoms with E-state index >= 15 is 0 Å². The van der Waals surface area contributed by atoms with E-state index in [-0.39, 0.29) is 5.82 Å². The van der Waals surface area contributed by atoms with Crippen molar-refractivity contribution in [3.63, 3.8) is 0 Å². The monoisotopic (exact) mass is 340 g/mol. The molecule has 1 N–H and O–H groups in total. The fourth-order valence-electron chi connectivity index (χ4n) is 2.79.